The Bertz CT molecular complexity index is 117. The zero-order chi connectivity index (χ0) is 9.52. The molecule has 1 atom stereocenters. The van der Waals surface area contributed by atoms with Crippen molar-refractivity contribution in [3.63, 3.8) is 0 Å². The van der Waals surface area contributed by atoms with Gasteiger partial charge in [-0.3, -0.25) is 0 Å². The van der Waals surface area contributed by atoms with Gasteiger partial charge in [-0.2, -0.15) is 0 Å². The van der Waals surface area contributed by atoms with Crippen LogP contribution in [0.1, 0.15) is 19.8 Å². The largest absolute Gasteiger partial charge is 0.317 e. The van der Waals surface area contributed by atoms with E-state index in [-0.39, 0.29) is 0 Å². The van der Waals surface area contributed by atoms with Crippen LogP contribution >= 0.6 is 0 Å². The van der Waals surface area contributed by atoms with E-state index in [0.29, 0.717) is 6.04 Å². The highest BCUT2D eigenvalue weighted by Gasteiger charge is 2.10. The van der Waals surface area contributed by atoms with E-state index in [1.807, 2.05) is 0 Å². The van der Waals surface area contributed by atoms with Gasteiger partial charge in [0.1, 0.15) is 0 Å². The molecule has 3 heteroatoms. The standard InChI is InChI=1S/C10H23N3/c1-3-10(11-2)4-7-13-8-5-12-6-9-13/h10-12H,3-9H2,1-2H3. The van der Waals surface area contributed by atoms with E-state index in [0.717, 1.165) is 13.1 Å². The highest BCUT2D eigenvalue weighted by molar-refractivity contribution is 4.70. The summed E-state index contributed by atoms with van der Waals surface area (Å²) in [4.78, 5) is 2.55. The molecular weight excluding hydrogens is 162 g/mol. The second kappa shape index (κ2) is 6.35. The molecule has 3 nitrogen and oxygen atoms in total. The minimum Gasteiger partial charge on any atom is -0.317 e. The fourth-order valence-corrected chi connectivity index (χ4v) is 1.83. The van der Waals surface area contributed by atoms with Gasteiger partial charge in [-0.25, -0.2) is 0 Å². The highest BCUT2D eigenvalue weighted by atomic mass is 15.2. The Kier molecular flexibility index (Phi) is 5.35. The van der Waals surface area contributed by atoms with Crippen LogP contribution in [0.3, 0.4) is 0 Å². The Hall–Kier alpha value is -0.120. The molecule has 0 aromatic rings. The maximum absolute atomic E-state index is 3.37. The van der Waals surface area contributed by atoms with Gasteiger partial charge in [0.15, 0.2) is 0 Å². The number of nitrogens with one attached hydrogen (secondary N) is 2. The van der Waals surface area contributed by atoms with Gasteiger partial charge < -0.3 is 15.5 Å². The van der Waals surface area contributed by atoms with Crippen molar-refractivity contribution in [1.82, 2.24) is 15.5 Å². The molecule has 1 heterocycles. The Labute approximate surface area is 81.9 Å². The van der Waals surface area contributed by atoms with Crippen LogP contribution in [0.15, 0.2) is 0 Å². The topological polar surface area (TPSA) is 27.3 Å². The van der Waals surface area contributed by atoms with Gasteiger partial charge in [-0.05, 0) is 26.4 Å². The molecule has 1 fully saturated rings. The molecule has 0 amide bonds. The van der Waals surface area contributed by atoms with Crippen molar-refractivity contribution >= 4 is 0 Å². The van der Waals surface area contributed by atoms with Gasteiger partial charge in [0, 0.05) is 32.2 Å². The molecule has 78 valence electrons. The fraction of sp³-hybridized carbons (Fsp3) is 1.00. The van der Waals surface area contributed by atoms with E-state index in [1.54, 1.807) is 0 Å². The summed E-state index contributed by atoms with van der Waals surface area (Å²) in [6.45, 7) is 8.27. The van der Waals surface area contributed by atoms with Crippen molar-refractivity contribution in [2.24, 2.45) is 0 Å². The molecule has 1 saturated heterocycles. The van der Waals surface area contributed by atoms with Crippen molar-refractivity contribution in [2.45, 2.75) is 25.8 Å². The first-order chi connectivity index (χ1) is 6.36. The van der Waals surface area contributed by atoms with E-state index in [4.69, 9.17) is 0 Å². The molecule has 0 spiro atoms. The maximum Gasteiger partial charge on any atom is 0.0107 e. The Balaban J connectivity index is 2.09. The normalized spacial score (nSPS) is 21.7. The summed E-state index contributed by atoms with van der Waals surface area (Å²) in [5.41, 5.74) is 0. The predicted octanol–water partition coefficient (Wildman–Crippen LogP) is 0.280. The van der Waals surface area contributed by atoms with Crippen LogP contribution in [0.2, 0.25) is 0 Å². The van der Waals surface area contributed by atoms with Gasteiger partial charge in [0.25, 0.3) is 0 Å². The van der Waals surface area contributed by atoms with Gasteiger partial charge in [-0.1, -0.05) is 6.92 Å². The van der Waals surface area contributed by atoms with E-state index in [2.05, 4.69) is 29.5 Å². The molecular formula is C10H23N3. The summed E-state index contributed by atoms with van der Waals surface area (Å²) in [7, 11) is 2.06. The zero-order valence-corrected chi connectivity index (χ0v) is 8.97. The lowest BCUT2D eigenvalue weighted by Gasteiger charge is -2.28. The van der Waals surface area contributed by atoms with Crippen LogP contribution in [-0.4, -0.2) is 50.7 Å². The molecule has 1 rings (SSSR count). The molecule has 0 radical (unpaired) electrons. The van der Waals surface area contributed by atoms with Crippen molar-refractivity contribution in [3.8, 4) is 0 Å². The molecule has 1 aliphatic rings. The minimum atomic E-state index is 0.704. The second-order valence-corrected chi connectivity index (χ2v) is 3.77. The molecule has 0 aromatic heterocycles. The van der Waals surface area contributed by atoms with Crippen molar-refractivity contribution < 1.29 is 0 Å². The van der Waals surface area contributed by atoms with Crippen LogP contribution in [0.5, 0.6) is 0 Å². The summed E-state index contributed by atoms with van der Waals surface area (Å²) < 4.78 is 0. The third-order valence-corrected chi connectivity index (χ3v) is 2.90. The Morgan fingerprint density at radius 2 is 2.08 bits per heavy atom. The summed E-state index contributed by atoms with van der Waals surface area (Å²) in [6.07, 6.45) is 2.52. The van der Waals surface area contributed by atoms with Gasteiger partial charge in [0.2, 0.25) is 0 Å². The van der Waals surface area contributed by atoms with Crippen LogP contribution in [-0.2, 0) is 0 Å². The summed E-state index contributed by atoms with van der Waals surface area (Å²) in [6, 6.07) is 0.704. The first-order valence-electron chi connectivity index (χ1n) is 5.47. The predicted molar refractivity (Wildman–Crippen MR) is 57.1 cm³/mol. The molecule has 13 heavy (non-hydrogen) atoms. The van der Waals surface area contributed by atoms with Crippen LogP contribution in [0, 0.1) is 0 Å². The lowest BCUT2D eigenvalue weighted by Crippen LogP contribution is -2.44. The highest BCUT2D eigenvalue weighted by Crippen LogP contribution is 2.00. The van der Waals surface area contributed by atoms with Gasteiger partial charge in [0.05, 0.1) is 0 Å². The summed E-state index contributed by atoms with van der Waals surface area (Å²) >= 11 is 0. The van der Waals surface area contributed by atoms with E-state index >= 15 is 0 Å². The SMILES string of the molecule is CCC(CCN1CCNCC1)NC. The van der Waals surface area contributed by atoms with Crippen LogP contribution in [0.25, 0.3) is 0 Å². The molecule has 1 unspecified atom stereocenters. The monoisotopic (exact) mass is 185 g/mol. The number of piperazine rings is 1. The first-order valence-corrected chi connectivity index (χ1v) is 5.47. The molecule has 1 aliphatic heterocycles. The van der Waals surface area contributed by atoms with Crippen LogP contribution in [0.4, 0.5) is 0 Å². The van der Waals surface area contributed by atoms with Crippen LogP contribution < -0.4 is 10.6 Å². The Morgan fingerprint density at radius 3 is 2.62 bits per heavy atom. The summed E-state index contributed by atoms with van der Waals surface area (Å²) in [5.74, 6) is 0. The van der Waals surface area contributed by atoms with E-state index < -0.39 is 0 Å². The number of hydrogen-bond acceptors (Lipinski definition) is 3. The number of hydrogen-bond donors (Lipinski definition) is 2. The molecule has 2 N–H and O–H groups in total. The average Bonchev–Trinajstić information content (AvgIpc) is 2.21. The van der Waals surface area contributed by atoms with Crippen molar-refractivity contribution in [2.75, 3.05) is 39.8 Å². The lowest BCUT2D eigenvalue weighted by molar-refractivity contribution is 0.228. The minimum absolute atomic E-state index is 0.704. The fourth-order valence-electron chi connectivity index (χ4n) is 1.83. The first kappa shape index (κ1) is 11.0. The molecule has 0 aromatic carbocycles. The third-order valence-electron chi connectivity index (χ3n) is 2.90. The maximum atomic E-state index is 3.37. The van der Waals surface area contributed by atoms with Crippen molar-refractivity contribution in [1.29, 1.82) is 0 Å². The van der Waals surface area contributed by atoms with E-state index in [9.17, 15) is 0 Å². The summed E-state index contributed by atoms with van der Waals surface area (Å²) in [5, 5.41) is 6.72. The molecule has 0 bridgehead atoms. The van der Waals surface area contributed by atoms with E-state index in [1.165, 1.54) is 32.5 Å². The number of rotatable bonds is 5. The number of nitrogens with zero attached hydrogens (tertiary/aromatic N) is 1. The third kappa shape index (κ3) is 4.07. The molecule has 0 saturated carbocycles. The second-order valence-electron chi connectivity index (χ2n) is 3.77. The lowest BCUT2D eigenvalue weighted by atomic mass is 10.1. The van der Waals surface area contributed by atoms with Gasteiger partial charge in [-0.15, -0.1) is 0 Å². The van der Waals surface area contributed by atoms with Gasteiger partial charge >= 0.3 is 0 Å². The average molecular weight is 185 g/mol. The Morgan fingerprint density at radius 1 is 1.38 bits per heavy atom. The quantitative estimate of drug-likeness (QED) is 0.644. The van der Waals surface area contributed by atoms with Crippen molar-refractivity contribution in [3.05, 3.63) is 0 Å². The molecule has 0 aliphatic carbocycles. The zero-order valence-electron chi connectivity index (χ0n) is 8.97. The smallest absolute Gasteiger partial charge is 0.0107 e.